The molecule has 3 aromatic rings. The van der Waals surface area contributed by atoms with Crippen LogP contribution in [0.5, 0.6) is 0 Å². The molecule has 2 amide bonds. The van der Waals surface area contributed by atoms with Gasteiger partial charge in [-0.3, -0.25) is 0 Å². The second-order valence-electron chi connectivity index (χ2n) is 6.79. The maximum Gasteiger partial charge on any atom is 0.317 e. The van der Waals surface area contributed by atoms with Crippen LogP contribution in [-0.2, 0) is 6.54 Å². The molecule has 1 aromatic carbocycles. The molecule has 1 saturated heterocycles. The average molecular weight is 366 g/mol. The van der Waals surface area contributed by atoms with Crippen LogP contribution in [0.4, 0.5) is 4.79 Å². The summed E-state index contributed by atoms with van der Waals surface area (Å²) in [6.07, 6.45) is 2.79. The minimum absolute atomic E-state index is 0.0828. The molecule has 140 valence electrons. The van der Waals surface area contributed by atoms with Crippen LogP contribution in [-0.4, -0.2) is 43.9 Å². The predicted octanol–water partition coefficient (Wildman–Crippen LogP) is 2.57. The molecule has 0 saturated carbocycles. The highest BCUT2D eigenvalue weighted by molar-refractivity contribution is 5.74. The number of urea groups is 1. The number of benzene rings is 1. The van der Waals surface area contributed by atoms with E-state index >= 15 is 0 Å². The first-order valence-electron chi connectivity index (χ1n) is 9.03. The minimum atomic E-state index is -0.0828. The van der Waals surface area contributed by atoms with Gasteiger partial charge in [-0.2, -0.15) is 10.1 Å². The first-order chi connectivity index (χ1) is 13.1. The zero-order valence-corrected chi connectivity index (χ0v) is 15.4. The van der Waals surface area contributed by atoms with Crippen molar-refractivity contribution in [3.63, 3.8) is 0 Å². The molecular weight excluding hydrogens is 344 g/mol. The van der Waals surface area contributed by atoms with Crippen molar-refractivity contribution in [2.75, 3.05) is 13.1 Å². The van der Waals surface area contributed by atoms with Crippen molar-refractivity contribution in [1.82, 2.24) is 30.1 Å². The van der Waals surface area contributed by atoms with Crippen molar-refractivity contribution < 1.29 is 9.32 Å². The number of hydrogen-bond donors (Lipinski definition) is 1. The van der Waals surface area contributed by atoms with Gasteiger partial charge in [-0.25, -0.2) is 9.48 Å². The molecule has 0 spiro atoms. The maximum absolute atomic E-state index is 12.5. The van der Waals surface area contributed by atoms with Gasteiger partial charge >= 0.3 is 6.03 Å². The van der Waals surface area contributed by atoms with Crippen molar-refractivity contribution in [1.29, 1.82) is 0 Å². The Morgan fingerprint density at radius 2 is 2.11 bits per heavy atom. The fourth-order valence-electron chi connectivity index (χ4n) is 3.29. The summed E-state index contributed by atoms with van der Waals surface area (Å²) in [4.78, 5) is 18.6. The lowest BCUT2D eigenvalue weighted by atomic mass is 10.1. The van der Waals surface area contributed by atoms with Gasteiger partial charge in [0.1, 0.15) is 0 Å². The molecule has 3 heterocycles. The molecule has 27 heavy (non-hydrogen) atoms. The number of carbonyl (C=O) groups excluding carboxylic acids is 1. The zero-order chi connectivity index (χ0) is 18.8. The standard InChI is InChI=1S/C19H22N6O2/c1-13-16(12-25(22-13)17-6-4-3-5-7-17)10-20-19(26)24-9-8-15(11-24)18-21-14(2)23-27-18/h3-7,12,15H,8-11H2,1-2H3,(H,20,26). The molecule has 1 aliphatic heterocycles. The molecule has 8 nitrogen and oxygen atoms in total. The van der Waals surface area contributed by atoms with Gasteiger partial charge in [-0.05, 0) is 32.4 Å². The summed E-state index contributed by atoms with van der Waals surface area (Å²) in [5.41, 5.74) is 2.89. The summed E-state index contributed by atoms with van der Waals surface area (Å²) in [6, 6.07) is 9.84. The van der Waals surface area contributed by atoms with Crippen LogP contribution >= 0.6 is 0 Å². The van der Waals surface area contributed by atoms with Crippen molar-refractivity contribution in [3.05, 3.63) is 59.5 Å². The van der Waals surface area contributed by atoms with Gasteiger partial charge in [0.2, 0.25) is 5.89 Å². The van der Waals surface area contributed by atoms with Crippen LogP contribution < -0.4 is 5.32 Å². The van der Waals surface area contributed by atoms with E-state index in [-0.39, 0.29) is 11.9 Å². The Labute approximate surface area is 157 Å². The molecule has 1 unspecified atom stereocenters. The molecule has 0 bridgehead atoms. The number of nitrogens with one attached hydrogen (secondary N) is 1. The fraction of sp³-hybridized carbons (Fsp3) is 0.368. The summed E-state index contributed by atoms with van der Waals surface area (Å²) in [5, 5.41) is 11.4. The Morgan fingerprint density at radius 1 is 1.30 bits per heavy atom. The minimum Gasteiger partial charge on any atom is -0.339 e. The number of nitrogens with zero attached hydrogens (tertiary/aromatic N) is 5. The summed E-state index contributed by atoms with van der Waals surface area (Å²) in [6.45, 7) is 5.46. The average Bonchev–Trinajstić information content (AvgIpc) is 3.40. The van der Waals surface area contributed by atoms with Gasteiger partial charge in [0.25, 0.3) is 0 Å². The third-order valence-corrected chi connectivity index (χ3v) is 4.82. The largest absolute Gasteiger partial charge is 0.339 e. The topological polar surface area (TPSA) is 89.1 Å². The number of hydrogen-bond acceptors (Lipinski definition) is 5. The van der Waals surface area contributed by atoms with Crippen LogP contribution in [0, 0.1) is 13.8 Å². The van der Waals surface area contributed by atoms with Gasteiger partial charge in [-0.1, -0.05) is 23.4 Å². The summed E-state index contributed by atoms with van der Waals surface area (Å²) in [7, 11) is 0. The Morgan fingerprint density at radius 3 is 2.85 bits per heavy atom. The highest BCUT2D eigenvalue weighted by Gasteiger charge is 2.30. The normalized spacial score (nSPS) is 16.7. The monoisotopic (exact) mass is 366 g/mol. The Bertz CT molecular complexity index is 933. The van der Waals surface area contributed by atoms with Gasteiger partial charge in [0, 0.05) is 31.4 Å². The van der Waals surface area contributed by atoms with Crippen LogP contribution in [0.25, 0.3) is 5.69 Å². The number of aryl methyl sites for hydroxylation is 2. The first-order valence-corrected chi connectivity index (χ1v) is 9.03. The highest BCUT2D eigenvalue weighted by atomic mass is 16.5. The Kier molecular flexibility index (Phi) is 4.62. The Balaban J connectivity index is 1.35. The number of likely N-dealkylation sites (tertiary alicyclic amines) is 1. The van der Waals surface area contributed by atoms with E-state index in [1.165, 1.54) is 0 Å². The number of carbonyl (C=O) groups is 1. The molecule has 1 N–H and O–H groups in total. The SMILES string of the molecule is Cc1noc(C2CCN(C(=O)NCc3cn(-c4ccccc4)nc3C)C2)n1. The lowest BCUT2D eigenvalue weighted by molar-refractivity contribution is 0.207. The predicted molar refractivity (Wildman–Crippen MR) is 98.5 cm³/mol. The molecular formula is C19H22N6O2. The second-order valence-corrected chi connectivity index (χ2v) is 6.79. The maximum atomic E-state index is 12.5. The van der Waals surface area contributed by atoms with Crippen LogP contribution in [0.3, 0.4) is 0 Å². The Hall–Kier alpha value is -3.16. The third-order valence-electron chi connectivity index (χ3n) is 4.82. The number of amides is 2. The van der Waals surface area contributed by atoms with Gasteiger partial charge in [0.05, 0.1) is 17.3 Å². The van der Waals surface area contributed by atoms with Crippen LogP contribution in [0.15, 0.2) is 41.1 Å². The van der Waals surface area contributed by atoms with Crippen molar-refractivity contribution in [3.8, 4) is 5.69 Å². The zero-order valence-electron chi connectivity index (χ0n) is 15.4. The number of rotatable bonds is 4. The molecule has 0 aliphatic carbocycles. The molecule has 1 fully saturated rings. The van der Waals surface area contributed by atoms with Crippen molar-refractivity contribution in [2.24, 2.45) is 0 Å². The van der Waals surface area contributed by atoms with E-state index in [0.717, 1.165) is 23.4 Å². The van der Waals surface area contributed by atoms with Crippen LogP contribution in [0.1, 0.15) is 35.3 Å². The fourth-order valence-corrected chi connectivity index (χ4v) is 3.29. The van der Waals surface area contributed by atoms with Crippen LogP contribution in [0.2, 0.25) is 0 Å². The van der Waals surface area contributed by atoms with Crippen molar-refractivity contribution in [2.45, 2.75) is 32.7 Å². The van der Waals surface area contributed by atoms with E-state index < -0.39 is 0 Å². The second kappa shape index (κ2) is 7.22. The quantitative estimate of drug-likeness (QED) is 0.766. The number of para-hydroxylation sites is 1. The molecule has 4 rings (SSSR count). The van der Waals surface area contributed by atoms with Gasteiger partial charge in [0.15, 0.2) is 5.82 Å². The number of aromatic nitrogens is 4. The third kappa shape index (κ3) is 3.69. The molecule has 1 atom stereocenters. The van der Waals surface area contributed by atoms with Crippen molar-refractivity contribution >= 4 is 6.03 Å². The van der Waals surface area contributed by atoms with Gasteiger partial charge in [-0.15, -0.1) is 0 Å². The molecule has 2 aromatic heterocycles. The van der Waals surface area contributed by atoms with E-state index in [4.69, 9.17) is 4.52 Å². The highest BCUT2D eigenvalue weighted by Crippen LogP contribution is 2.25. The van der Waals surface area contributed by atoms with E-state index in [0.29, 0.717) is 31.3 Å². The summed E-state index contributed by atoms with van der Waals surface area (Å²) < 4.78 is 7.07. The lowest BCUT2D eigenvalue weighted by Crippen LogP contribution is -2.38. The van der Waals surface area contributed by atoms with E-state index in [1.54, 1.807) is 11.8 Å². The van der Waals surface area contributed by atoms with Gasteiger partial charge < -0.3 is 14.7 Å². The molecule has 1 aliphatic rings. The summed E-state index contributed by atoms with van der Waals surface area (Å²) in [5.74, 6) is 1.35. The molecule has 0 radical (unpaired) electrons. The lowest BCUT2D eigenvalue weighted by Gasteiger charge is -2.16. The van der Waals surface area contributed by atoms with E-state index in [2.05, 4.69) is 20.6 Å². The van der Waals surface area contributed by atoms with E-state index in [1.807, 2.05) is 48.1 Å². The molecule has 8 heteroatoms. The summed E-state index contributed by atoms with van der Waals surface area (Å²) >= 11 is 0. The van der Waals surface area contributed by atoms with E-state index in [9.17, 15) is 4.79 Å². The first kappa shape index (κ1) is 17.3. The smallest absolute Gasteiger partial charge is 0.317 e.